The number of carbonyl (C=O) groups excluding carboxylic acids is 1. The normalized spacial score (nSPS) is 13.1. The number of hydrogen-bond acceptors (Lipinski definition) is 3. The second-order valence-corrected chi connectivity index (χ2v) is 7.04. The number of aromatic nitrogens is 1. The predicted octanol–water partition coefficient (Wildman–Crippen LogP) is 5.65. The van der Waals surface area contributed by atoms with Crippen LogP contribution in [0, 0.1) is 0 Å². The molecule has 3 aromatic rings. The van der Waals surface area contributed by atoms with Crippen LogP contribution in [0.4, 0.5) is 18.0 Å². The van der Waals surface area contributed by atoms with Gasteiger partial charge in [0.15, 0.2) is 0 Å². The first-order valence-electron chi connectivity index (χ1n) is 9.73. The standard InChI is InChI=1S/C24H19F3N2O2/c25-24(26,27)21-11-5-13-28-22(21)12-6-14-29-23(30)31-15-20-18-9-3-1-7-16(18)17-8-2-4-10-19(17)20/h1-13,20H,14-15H2,(H,29,30). The van der Waals surface area contributed by atoms with E-state index in [2.05, 4.69) is 10.3 Å². The van der Waals surface area contributed by atoms with Gasteiger partial charge in [-0.1, -0.05) is 54.6 Å². The van der Waals surface area contributed by atoms with Crippen LogP contribution >= 0.6 is 0 Å². The van der Waals surface area contributed by atoms with Crippen LogP contribution in [-0.2, 0) is 10.9 Å². The van der Waals surface area contributed by atoms with E-state index in [9.17, 15) is 18.0 Å². The molecule has 0 saturated carbocycles. The number of amides is 1. The van der Waals surface area contributed by atoms with Gasteiger partial charge in [-0.3, -0.25) is 4.98 Å². The first kappa shape index (κ1) is 20.7. The molecule has 4 nitrogen and oxygen atoms in total. The molecule has 31 heavy (non-hydrogen) atoms. The summed E-state index contributed by atoms with van der Waals surface area (Å²) in [4.78, 5) is 15.8. The Balaban J connectivity index is 1.35. The maximum atomic E-state index is 13.0. The maximum absolute atomic E-state index is 13.0. The Kier molecular flexibility index (Phi) is 5.75. The average Bonchev–Trinajstić information content (AvgIpc) is 3.09. The summed E-state index contributed by atoms with van der Waals surface area (Å²) in [5, 5.41) is 2.53. The Bertz CT molecular complexity index is 1080. The molecule has 4 rings (SSSR count). The topological polar surface area (TPSA) is 51.2 Å². The van der Waals surface area contributed by atoms with E-state index in [0.29, 0.717) is 0 Å². The summed E-state index contributed by atoms with van der Waals surface area (Å²) in [5.74, 6) is -0.0587. The quantitative estimate of drug-likeness (QED) is 0.576. The van der Waals surface area contributed by atoms with Gasteiger partial charge in [0.2, 0.25) is 0 Å². The second kappa shape index (κ2) is 8.63. The van der Waals surface area contributed by atoms with E-state index in [4.69, 9.17) is 4.74 Å². The Morgan fingerprint density at radius 1 is 1.00 bits per heavy atom. The molecule has 1 aromatic heterocycles. The second-order valence-electron chi connectivity index (χ2n) is 7.04. The Morgan fingerprint density at radius 3 is 2.29 bits per heavy atom. The van der Waals surface area contributed by atoms with Gasteiger partial charge in [-0.15, -0.1) is 0 Å². The Morgan fingerprint density at radius 2 is 1.65 bits per heavy atom. The van der Waals surface area contributed by atoms with Gasteiger partial charge in [-0.25, -0.2) is 4.79 Å². The van der Waals surface area contributed by atoms with Gasteiger partial charge < -0.3 is 10.1 Å². The molecule has 0 unspecified atom stereocenters. The lowest BCUT2D eigenvalue weighted by Crippen LogP contribution is -2.26. The molecule has 1 amide bonds. The molecule has 1 N–H and O–H groups in total. The molecule has 1 aliphatic rings. The molecule has 158 valence electrons. The number of nitrogens with zero attached hydrogens (tertiary/aromatic N) is 1. The van der Waals surface area contributed by atoms with Crippen LogP contribution in [0.1, 0.15) is 28.3 Å². The summed E-state index contributed by atoms with van der Waals surface area (Å²) in [7, 11) is 0. The molecule has 0 spiro atoms. The molecule has 1 aliphatic carbocycles. The molecule has 7 heteroatoms. The molecular weight excluding hydrogens is 405 g/mol. The number of ether oxygens (including phenoxy) is 1. The lowest BCUT2D eigenvalue weighted by Gasteiger charge is -2.14. The van der Waals surface area contributed by atoms with Crippen molar-refractivity contribution >= 4 is 12.2 Å². The third kappa shape index (κ3) is 4.45. The van der Waals surface area contributed by atoms with Crippen molar-refractivity contribution in [3.63, 3.8) is 0 Å². The van der Waals surface area contributed by atoms with Crippen LogP contribution in [0.25, 0.3) is 17.2 Å². The van der Waals surface area contributed by atoms with Crippen molar-refractivity contribution in [1.29, 1.82) is 0 Å². The molecule has 0 saturated heterocycles. The van der Waals surface area contributed by atoms with Crippen molar-refractivity contribution in [2.45, 2.75) is 12.1 Å². The highest BCUT2D eigenvalue weighted by Crippen LogP contribution is 2.44. The largest absolute Gasteiger partial charge is 0.449 e. The molecule has 0 fully saturated rings. The highest BCUT2D eigenvalue weighted by molar-refractivity contribution is 5.79. The van der Waals surface area contributed by atoms with E-state index in [0.717, 1.165) is 28.3 Å². The molecule has 2 aromatic carbocycles. The van der Waals surface area contributed by atoms with Gasteiger partial charge in [0.1, 0.15) is 6.61 Å². The third-order valence-electron chi connectivity index (χ3n) is 5.13. The smallest absolute Gasteiger partial charge is 0.418 e. The van der Waals surface area contributed by atoms with Gasteiger partial charge in [0.25, 0.3) is 0 Å². The number of alkyl halides is 3. The predicted molar refractivity (Wildman–Crippen MR) is 111 cm³/mol. The fraction of sp³-hybridized carbons (Fsp3) is 0.167. The summed E-state index contributed by atoms with van der Waals surface area (Å²) in [6.07, 6.45) is -1.21. The number of nitrogens with one attached hydrogen (secondary N) is 1. The van der Waals surface area contributed by atoms with Gasteiger partial charge in [-0.2, -0.15) is 13.2 Å². The monoisotopic (exact) mass is 424 g/mol. The molecule has 0 bridgehead atoms. The number of fused-ring (bicyclic) bond motifs is 3. The van der Waals surface area contributed by atoms with E-state index in [1.54, 1.807) is 0 Å². The summed E-state index contributed by atoms with van der Waals surface area (Å²) in [6, 6.07) is 18.2. The fourth-order valence-corrected chi connectivity index (χ4v) is 3.75. The van der Waals surface area contributed by atoms with Crippen LogP contribution in [0.2, 0.25) is 0 Å². The molecule has 0 atom stereocenters. The molecule has 1 heterocycles. The van der Waals surface area contributed by atoms with Crippen molar-refractivity contribution in [2.24, 2.45) is 0 Å². The van der Waals surface area contributed by atoms with Gasteiger partial charge in [0, 0.05) is 18.7 Å². The minimum absolute atomic E-state index is 0.0184. The number of benzene rings is 2. The summed E-state index contributed by atoms with van der Waals surface area (Å²) < 4.78 is 44.3. The zero-order valence-electron chi connectivity index (χ0n) is 16.4. The highest BCUT2D eigenvalue weighted by atomic mass is 19.4. The lowest BCUT2D eigenvalue weighted by molar-refractivity contribution is -0.138. The zero-order chi connectivity index (χ0) is 21.8. The lowest BCUT2D eigenvalue weighted by atomic mass is 9.98. The Labute approximate surface area is 177 Å². The van der Waals surface area contributed by atoms with Crippen LogP contribution in [0.5, 0.6) is 0 Å². The summed E-state index contributed by atoms with van der Waals surface area (Å²) in [6.45, 7) is 0.187. The van der Waals surface area contributed by atoms with E-state index < -0.39 is 17.8 Å². The van der Waals surface area contributed by atoms with Crippen LogP contribution in [0.3, 0.4) is 0 Å². The van der Waals surface area contributed by atoms with Crippen molar-refractivity contribution in [3.05, 3.63) is 95.3 Å². The van der Waals surface area contributed by atoms with Crippen molar-refractivity contribution in [2.75, 3.05) is 13.2 Å². The van der Waals surface area contributed by atoms with Crippen molar-refractivity contribution in [3.8, 4) is 11.1 Å². The van der Waals surface area contributed by atoms with E-state index >= 15 is 0 Å². The first-order chi connectivity index (χ1) is 14.9. The zero-order valence-corrected chi connectivity index (χ0v) is 16.4. The van der Waals surface area contributed by atoms with Gasteiger partial charge >= 0.3 is 12.3 Å². The summed E-state index contributed by atoms with van der Waals surface area (Å²) >= 11 is 0. The fourth-order valence-electron chi connectivity index (χ4n) is 3.75. The van der Waals surface area contributed by atoms with Crippen LogP contribution in [-0.4, -0.2) is 24.2 Å². The van der Waals surface area contributed by atoms with E-state index in [1.807, 2.05) is 48.5 Å². The van der Waals surface area contributed by atoms with Crippen molar-refractivity contribution < 1.29 is 22.7 Å². The van der Waals surface area contributed by atoms with E-state index in [1.165, 1.54) is 24.4 Å². The number of rotatable bonds is 5. The summed E-state index contributed by atoms with van der Waals surface area (Å²) in [5.41, 5.74) is 3.44. The average molecular weight is 424 g/mol. The minimum Gasteiger partial charge on any atom is -0.449 e. The Hall–Kier alpha value is -3.61. The molecule has 0 aliphatic heterocycles. The molecule has 0 radical (unpaired) electrons. The van der Waals surface area contributed by atoms with Gasteiger partial charge in [-0.05, 0) is 40.5 Å². The number of pyridine rings is 1. The van der Waals surface area contributed by atoms with Crippen molar-refractivity contribution in [1.82, 2.24) is 10.3 Å². The van der Waals surface area contributed by atoms with Crippen LogP contribution in [0.15, 0.2) is 72.9 Å². The number of hydrogen-bond donors (Lipinski definition) is 1. The van der Waals surface area contributed by atoms with Gasteiger partial charge in [0.05, 0.1) is 11.3 Å². The highest BCUT2D eigenvalue weighted by Gasteiger charge is 2.33. The first-order valence-corrected chi connectivity index (χ1v) is 9.73. The minimum atomic E-state index is -4.49. The third-order valence-corrected chi connectivity index (χ3v) is 5.13. The van der Waals surface area contributed by atoms with E-state index in [-0.39, 0.29) is 24.8 Å². The number of carbonyl (C=O) groups is 1. The number of halogens is 3. The maximum Gasteiger partial charge on any atom is 0.418 e. The van der Waals surface area contributed by atoms with Crippen LogP contribution < -0.4 is 5.32 Å². The molecular formula is C24H19F3N2O2. The SMILES string of the molecule is O=C(NCC=Cc1ncccc1C(F)(F)F)OCC1c2ccccc2-c2ccccc21. The number of alkyl carbamates (subject to hydrolysis) is 1.